The minimum atomic E-state index is -0.227. The van der Waals surface area contributed by atoms with E-state index in [4.69, 9.17) is 4.74 Å². The number of hydrogen-bond acceptors (Lipinski definition) is 4. The summed E-state index contributed by atoms with van der Waals surface area (Å²) in [5.41, 5.74) is -0.567. The lowest BCUT2D eigenvalue weighted by molar-refractivity contribution is -0.0426. The predicted molar refractivity (Wildman–Crippen MR) is 78.6 cm³/mol. The summed E-state index contributed by atoms with van der Waals surface area (Å²) in [7, 11) is 1.93. The number of amides is 2. The van der Waals surface area contributed by atoms with Crippen LogP contribution in [0, 0.1) is 0 Å². The lowest BCUT2D eigenvalue weighted by Crippen LogP contribution is -2.71. The molecule has 2 heterocycles. The molecule has 1 spiro atoms. The Morgan fingerprint density at radius 1 is 1.35 bits per heavy atom. The van der Waals surface area contributed by atoms with E-state index in [1.165, 1.54) is 0 Å². The van der Waals surface area contributed by atoms with Crippen molar-refractivity contribution in [1.82, 2.24) is 20.9 Å². The van der Waals surface area contributed by atoms with Crippen molar-refractivity contribution in [3.05, 3.63) is 0 Å². The van der Waals surface area contributed by atoms with Crippen LogP contribution in [0.4, 0.5) is 4.79 Å². The molecule has 0 aromatic rings. The fourth-order valence-corrected chi connectivity index (χ4v) is 2.91. The number of nitrogens with zero attached hydrogens (tertiary/aromatic N) is 1. The minimum absolute atomic E-state index is 0.00732. The Kier molecular flexibility index (Phi) is 4.01. The zero-order valence-corrected chi connectivity index (χ0v) is 13.3. The van der Waals surface area contributed by atoms with Gasteiger partial charge in [-0.05, 0) is 41.2 Å². The molecule has 0 aliphatic carbocycles. The minimum Gasteiger partial charge on any atom is -0.376 e. The number of ether oxygens (including phenoxy) is 1. The number of rotatable bonds is 1. The third-order valence-corrected chi connectivity index (χ3v) is 3.98. The SMILES string of the molecule is CN[C@]1(C)COC[C@@]2(CCN(C(=O)NC(C)(C)C)C2)N1. The van der Waals surface area contributed by atoms with Crippen LogP contribution in [-0.4, -0.2) is 61.0 Å². The summed E-state index contributed by atoms with van der Waals surface area (Å²) < 4.78 is 5.76. The molecule has 2 aliphatic rings. The molecule has 116 valence electrons. The van der Waals surface area contributed by atoms with Gasteiger partial charge in [0.2, 0.25) is 0 Å². The van der Waals surface area contributed by atoms with Crippen LogP contribution >= 0.6 is 0 Å². The van der Waals surface area contributed by atoms with Crippen molar-refractivity contribution in [1.29, 1.82) is 0 Å². The van der Waals surface area contributed by atoms with E-state index in [0.717, 1.165) is 13.0 Å². The molecule has 20 heavy (non-hydrogen) atoms. The van der Waals surface area contributed by atoms with Gasteiger partial charge in [-0.2, -0.15) is 0 Å². The van der Waals surface area contributed by atoms with Gasteiger partial charge in [-0.25, -0.2) is 4.79 Å². The Labute approximate surface area is 121 Å². The van der Waals surface area contributed by atoms with Gasteiger partial charge < -0.3 is 20.3 Å². The first-order valence-corrected chi connectivity index (χ1v) is 7.30. The van der Waals surface area contributed by atoms with Crippen LogP contribution in [-0.2, 0) is 4.74 Å². The quantitative estimate of drug-likeness (QED) is 0.656. The van der Waals surface area contributed by atoms with Gasteiger partial charge in [0, 0.05) is 18.6 Å². The molecule has 6 heteroatoms. The van der Waals surface area contributed by atoms with Gasteiger partial charge in [0.15, 0.2) is 0 Å². The fraction of sp³-hybridized carbons (Fsp3) is 0.929. The van der Waals surface area contributed by atoms with Gasteiger partial charge >= 0.3 is 6.03 Å². The van der Waals surface area contributed by atoms with Crippen LogP contribution in [0.25, 0.3) is 0 Å². The second-order valence-electron chi connectivity index (χ2n) is 7.33. The summed E-state index contributed by atoms with van der Waals surface area (Å²) in [4.78, 5) is 14.1. The average Bonchev–Trinajstić information content (AvgIpc) is 2.71. The largest absolute Gasteiger partial charge is 0.376 e. The molecule has 0 radical (unpaired) electrons. The molecule has 2 amide bonds. The van der Waals surface area contributed by atoms with Crippen LogP contribution in [0.2, 0.25) is 0 Å². The zero-order chi connectivity index (χ0) is 15.0. The Morgan fingerprint density at radius 3 is 2.65 bits per heavy atom. The maximum Gasteiger partial charge on any atom is 0.317 e. The molecular formula is C14H28N4O2. The number of morpholine rings is 1. The summed E-state index contributed by atoms with van der Waals surface area (Å²) in [6.45, 7) is 10.8. The molecule has 0 aromatic heterocycles. The first kappa shape index (κ1) is 15.5. The second-order valence-corrected chi connectivity index (χ2v) is 7.33. The number of nitrogens with one attached hydrogen (secondary N) is 3. The molecule has 0 aromatic carbocycles. The molecule has 2 aliphatic heterocycles. The lowest BCUT2D eigenvalue weighted by atomic mass is 9.95. The summed E-state index contributed by atoms with van der Waals surface area (Å²) in [6, 6.07) is 0.00732. The lowest BCUT2D eigenvalue weighted by Gasteiger charge is -2.45. The number of likely N-dealkylation sites (N-methyl/N-ethyl adjacent to an activating group) is 1. The maximum atomic E-state index is 12.2. The normalized spacial score (nSPS) is 34.5. The number of urea groups is 1. The molecule has 2 fully saturated rings. The van der Waals surface area contributed by atoms with Crippen LogP contribution in [0.3, 0.4) is 0 Å². The predicted octanol–water partition coefficient (Wildman–Crippen LogP) is 0.494. The Hall–Kier alpha value is -0.850. The highest BCUT2D eigenvalue weighted by Crippen LogP contribution is 2.27. The van der Waals surface area contributed by atoms with Crippen LogP contribution in [0.1, 0.15) is 34.1 Å². The van der Waals surface area contributed by atoms with Gasteiger partial charge in [-0.15, -0.1) is 0 Å². The van der Waals surface area contributed by atoms with E-state index in [2.05, 4.69) is 22.9 Å². The highest BCUT2D eigenvalue weighted by molar-refractivity contribution is 5.75. The van der Waals surface area contributed by atoms with Gasteiger partial charge in [0.05, 0.1) is 24.4 Å². The highest BCUT2D eigenvalue weighted by atomic mass is 16.5. The third kappa shape index (κ3) is 3.42. The van der Waals surface area contributed by atoms with Gasteiger partial charge in [-0.3, -0.25) is 5.32 Å². The highest BCUT2D eigenvalue weighted by Gasteiger charge is 2.47. The van der Waals surface area contributed by atoms with E-state index in [1.54, 1.807) is 0 Å². The molecule has 3 N–H and O–H groups in total. The summed E-state index contributed by atoms with van der Waals surface area (Å²) in [5, 5.41) is 9.92. The topological polar surface area (TPSA) is 65.6 Å². The van der Waals surface area contributed by atoms with Gasteiger partial charge in [-0.1, -0.05) is 0 Å². The van der Waals surface area contributed by atoms with Crippen molar-refractivity contribution in [2.24, 2.45) is 0 Å². The van der Waals surface area contributed by atoms with Gasteiger partial charge in [0.1, 0.15) is 0 Å². The van der Waals surface area contributed by atoms with Crippen LogP contribution in [0.5, 0.6) is 0 Å². The Balaban J connectivity index is 1.99. The van der Waals surface area contributed by atoms with Crippen LogP contribution in [0.15, 0.2) is 0 Å². The Bertz CT molecular complexity index is 382. The monoisotopic (exact) mass is 284 g/mol. The molecule has 6 nitrogen and oxygen atoms in total. The number of carbonyl (C=O) groups excluding carboxylic acids is 1. The third-order valence-electron chi connectivity index (χ3n) is 3.98. The molecule has 0 unspecified atom stereocenters. The molecule has 0 bridgehead atoms. The number of carbonyl (C=O) groups is 1. The van der Waals surface area contributed by atoms with E-state index in [0.29, 0.717) is 19.8 Å². The van der Waals surface area contributed by atoms with E-state index in [9.17, 15) is 4.79 Å². The van der Waals surface area contributed by atoms with Gasteiger partial charge in [0.25, 0.3) is 0 Å². The number of hydrogen-bond donors (Lipinski definition) is 3. The first-order chi connectivity index (χ1) is 9.17. The summed E-state index contributed by atoms with van der Waals surface area (Å²) >= 11 is 0. The molecular weight excluding hydrogens is 256 g/mol. The first-order valence-electron chi connectivity index (χ1n) is 7.30. The van der Waals surface area contributed by atoms with Crippen molar-refractivity contribution in [3.8, 4) is 0 Å². The van der Waals surface area contributed by atoms with Crippen molar-refractivity contribution < 1.29 is 9.53 Å². The number of likely N-dealkylation sites (tertiary alicyclic amines) is 1. The van der Waals surface area contributed by atoms with Crippen LogP contribution < -0.4 is 16.0 Å². The second kappa shape index (κ2) is 5.16. The molecule has 2 saturated heterocycles. The molecule has 2 rings (SSSR count). The van der Waals surface area contributed by atoms with E-state index >= 15 is 0 Å². The summed E-state index contributed by atoms with van der Waals surface area (Å²) in [5.74, 6) is 0. The fourth-order valence-electron chi connectivity index (χ4n) is 2.91. The smallest absolute Gasteiger partial charge is 0.317 e. The Morgan fingerprint density at radius 2 is 2.05 bits per heavy atom. The molecule has 0 saturated carbocycles. The molecule has 2 atom stereocenters. The van der Waals surface area contributed by atoms with Crippen molar-refractivity contribution >= 4 is 6.03 Å². The van der Waals surface area contributed by atoms with E-state index in [1.807, 2.05) is 32.7 Å². The van der Waals surface area contributed by atoms with E-state index < -0.39 is 0 Å². The zero-order valence-electron chi connectivity index (χ0n) is 13.3. The van der Waals surface area contributed by atoms with Crippen molar-refractivity contribution in [2.45, 2.75) is 50.9 Å². The standard InChI is InChI=1S/C14H28N4O2/c1-12(2,3)16-11(19)18-7-6-14(8-18)10-20-9-13(4,15-5)17-14/h15,17H,6-10H2,1-5H3,(H,16,19)/t13-,14-/m0/s1. The summed E-state index contributed by atoms with van der Waals surface area (Å²) in [6.07, 6.45) is 0.918. The average molecular weight is 284 g/mol. The maximum absolute atomic E-state index is 12.2. The van der Waals surface area contributed by atoms with Crippen molar-refractivity contribution in [3.63, 3.8) is 0 Å². The van der Waals surface area contributed by atoms with Crippen molar-refractivity contribution in [2.75, 3.05) is 33.4 Å². The van der Waals surface area contributed by atoms with E-state index in [-0.39, 0.29) is 22.8 Å².